The van der Waals surface area contributed by atoms with Crippen molar-refractivity contribution in [3.63, 3.8) is 0 Å². The fourth-order valence-electron chi connectivity index (χ4n) is 3.29. The van der Waals surface area contributed by atoms with Crippen LogP contribution < -0.4 is 10.2 Å². The molecule has 0 fully saturated rings. The van der Waals surface area contributed by atoms with Crippen LogP contribution in [0.15, 0.2) is 96.4 Å². The number of nitrogens with one attached hydrogen (secondary N) is 1. The van der Waals surface area contributed by atoms with E-state index in [-0.39, 0.29) is 17.5 Å². The van der Waals surface area contributed by atoms with E-state index in [4.69, 9.17) is 0 Å². The van der Waals surface area contributed by atoms with E-state index < -0.39 is 6.04 Å². The Balaban J connectivity index is 1.73. The summed E-state index contributed by atoms with van der Waals surface area (Å²) < 4.78 is 3.82. The number of rotatable bonds is 7. The first-order chi connectivity index (χ1) is 15.2. The van der Waals surface area contributed by atoms with Gasteiger partial charge in [0.15, 0.2) is 5.69 Å². The highest BCUT2D eigenvalue weighted by molar-refractivity contribution is 7.03. The van der Waals surface area contributed by atoms with Gasteiger partial charge in [-0.15, -0.1) is 5.10 Å². The summed E-state index contributed by atoms with van der Waals surface area (Å²) in [5, 5.41) is 8.50. The average Bonchev–Trinajstić information content (AvgIpc) is 3.37. The van der Waals surface area contributed by atoms with Gasteiger partial charge in [-0.05, 0) is 34.8 Å². The zero-order valence-corrected chi connectivity index (χ0v) is 17.4. The highest BCUT2D eigenvalue weighted by Crippen LogP contribution is 2.29. The maximum atomic E-state index is 13.5. The number of carbonyl (C=O) groups excluding carboxylic acids is 2. The van der Waals surface area contributed by atoms with Gasteiger partial charge in [-0.2, -0.15) is 0 Å². The predicted molar refractivity (Wildman–Crippen MR) is 121 cm³/mol. The lowest BCUT2D eigenvalue weighted by atomic mass is 10.0. The SMILES string of the molecule is O=C(NCc1ccccc1)[C@H](c1ccccc1)N(C(=O)c1csnn1)c1ccccc1. The quantitative estimate of drug-likeness (QED) is 0.478. The molecule has 0 aliphatic heterocycles. The lowest BCUT2D eigenvalue weighted by molar-refractivity contribution is -0.122. The van der Waals surface area contributed by atoms with Gasteiger partial charge in [-0.1, -0.05) is 83.4 Å². The number of aromatic nitrogens is 2. The first-order valence-corrected chi connectivity index (χ1v) is 10.6. The second-order valence-corrected chi connectivity index (χ2v) is 7.43. The van der Waals surface area contributed by atoms with E-state index in [1.807, 2.05) is 78.9 Å². The molecule has 6 nitrogen and oxygen atoms in total. The van der Waals surface area contributed by atoms with Crippen molar-refractivity contribution >= 4 is 29.0 Å². The summed E-state index contributed by atoms with van der Waals surface area (Å²) in [6.07, 6.45) is 0. The smallest absolute Gasteiger partial charge is 0.280 e. The van der Waals surface area contributed by atoms with Crippen molar-refractivity contribution < 1.29 is 9.59 Å². The fraction of sp³-hybridized carbons (Fsp3) is 0.0833. The van der Waals surface area contributed by atoms with Gasteiger partial charge in [-0.25, -0.2) is 0 Å². The van der Waals surface area contributed by atoms with Crippen molar-refractivity contribution in [3.8, 4) is 0 Å². The van der Waals surface area contributed by atoms with Crippen LogP contribution in [0.3, 0.4) is 0 Å². The molecule has 2 amide bonds. The maximum absolute atomic E-state index is 13.5. The highest BCUT2D eigenvalue weighted by Gasteiger charge is 2.34. The third-order valence-electron chi connectivity index (χ3n) is 4.76. The number of hydrogen-bond acceptors (Lipinski definition) is 5. The Hall–Kier alpha value is -3.84. The third kappa shape index (κ3) is 4.84. The van der Waals surface area contributed by atoms with Crippen molar-refractivity contribution in [2.24, 2.45) is 0 Å². The molecule has 0 saturated heterocycles. The molecule has 0 unspecified atom stereocenters. The molecule has 154 valence electrons. The molecule has 7 heteroatoms. The van der Waals surface area contributed by atoms with Crippen molar-refractivity contribution in [2.75, 3.05) is 4.90 Å². The summed E-state index contributed by atoms with van der Waals surface area (Å²) >= 11 is 1.09. The van der Waals surface area contributed by atoms with E-state index in [1.165, 1.54) is 4.90 Å². The first kappa shape index (κ1) is 20.4. The molecule has 4 rings (SSSR count). The molecule has 0 bridgehead atoms. The van der Waals surface area contributed by atoms with Gasteiger partial charge in [0.25, 0.3) is 5.91 Å². The lowest BCUT2D eigenvalue weighted by Gasteiger charge is -2.31. The molecule has 1 atom stereocenters. The Morgan fingerprint density at radius 2 is 1.48 bits per heavy atom. The van der Waals surface area contributed by atoms with Crippen molar-refractivity contribution in [3.05, 3.63) is 113 Å². The number of para-hydroxylation sites is 1. The topological polar surface area (TPSA) is 75.2 Å². The summed E-state index contributed by atoms with van der Waals surface area (Å²) in [5.74, 6) is -0.667. The molecular weight excluding hydrogens is 408 g/mol. The molecule has 0 saturated carbocycles. The van der Waals surface area contributed by atoms with Gasteiger partial charge in [0.1, 0.15) is 6.04 Å². The minimum absolute atomic E-state index is 0.200. The van der Waals surface area contributed by atoms with E-state index in [1.54, 1.807) is 17.5 Å². The van der Waals surface area contributed by atoms with E-state index in [2.05, 4.69) is 14.9 Å². The summed E-state index contributed by atoms with van der Waals surface area (Å²) in [6.45, 7) is 0.359. The number of anilines is 1. The number of carbonyl (C=O) groups is 2. The van der Waals surface area contributed by atoms with Crippen LogP contribution in [0.5, 0.6) is 0 Å². The number of hydrogen-bond donors (Lipinski definition) is 1. The Morgan fingerprint density at radius 3 is 2.10 bits per heavy atom. The monoisotopic (exact) mass is 428 g/mol. The minimum Gasteiger partial charge on any atom is -0.350 e. The van der Waals surface area contributed by atoms with Gasteiger partial charge in [0.05, 0.1) is 0 Å². The lowest BCUT2D eigenvalue weighted by Crippen LogP contribution is -2.44. The highest BCUT2D eigenvalue weighted by atomic mass is 32.1. The normalized spacial score (nSPS) is 11.5. The Morgan fingerprint density at radius 1 is 0.871 bits per heavy atom. The Kier molecular flexibility index (Phi) is 6.44. The van der Waals surface area contributed by atoms with Crippen molar-refractivity contribution in [1.29, 1.82) is 0 Å². The minimum atomic E-state index is -0.874. The van der Waals surface area contributed by atoms with Gasteiger partial charge in [-0.3, -0.25) is 14.5 Å². The molecule has 4 aromatic rings. The van der Waals surface area contributed by atoms with E-state index >= 15 is 0 Å². The Bertz CT molecular complexity index is 1120. The van der Waals surface area contributed by atoms with Crippen LogP contribution in [0.2, 0.25) is 0 Å². The molecule has 1 N–H and O–H groups in total. The molecule has 0 aliphatic carbocycles. The van der Waals surface area contributed by atoms with Crippen molar-refractivity contribution in [2.45, 2.75) is 12.6 Å². The van der Waals surface area contributed by atoms with Crippen LogP contribution in [-0.2, 0) is 11.3 Å². The van der Waals surface area contributed by atoms with Gasteiger partial charge >= 0.3 is 0 Å². The molecule has 0 aliphatic rings. The molecule has 3 aromatic carbocycles. The van der Waals surface area contributed by atoms with Crippen LogP contribution in [0.4, 0.5) is 5.69 Å². The summed E-state index contributed by atoms with van der Waals surface area (Å²) in [7, 11) is 0. The fourth-order valence-corrected chi connectivity index (χ4v) is 3.72. The molecule has 1 heterocycles. The summed E-state index contributed by atoms with van der Waals surface area (Å²) in [4.78, 5) is 28.4. The molecule has 0 radical (unpaired) electrons. The van der Waals surface area contributed by atoms with Crippen LogP contribution in [-0.4, -0.2) is 21.4 Å². The number of benzene rings is 3. The number of amides is 2. The van der Waals surface area contributed by atoms with E-state index in [9.17, 15) is 9.59 Å². The second kappa shape index (κ2) is 9.77. The Labute approximate surface area is 184 Å². The molecule has 31 heavy (non-hydrogen) atoms. The van der Waals surface area contributed by atoms with Gasteiger partial charge < -0.3 is 5.32 Å². The average molecular weight is 429 g/mol. The van der Waals surface area contributed by atoms with Crippen LogP contribution in [0.1, 0.15) is 27.7 Å². The van der Waals surface area contributed by atoms with E-state index in [0.717, 1.165) is 17.1 Å². The standard InChI is InChI=1S/C24H20N4O2S/c29-23(25-16-18-10-4-1-5-11-18)22(19-12-6-2-7-13-19)28(20-14-8-3-9-15-20)24(30)21-17-31-27-26-21/h1-15,17,22H,16H2,(H,25,29)/t22-/m0/s1. The molecule has 0 spiro atoms. The summed E-state index contributed by atoms with van der Waals surface area (Å²) in [6, 6.07) is 27.2. The van der Waals surface area contributed by atoms with Crippen LogP contribution in [0.25, 0.3) is 0 Å². The van der Waals surface area contributed by atoms with Crippen molar-refractivity contribution in [1.82, 2.24) is 14.9 Å². The van der Waals surface area contributed by atoms with Gasteiger partial charge in [0, 0.05) is 17.6 Å². The van der Waals surface area contributed by atoms with Crippen LogP contribution in [0, 0.1) is 0 Å². The third-order valence-corrected chi connectivity index (χ3v) is 5.27. The number of nitrogens with zero attached hydrogens (tertiary/aromatic N) is 3. The first-order valence-electron chi connectivity index (χ1n) is 9.76. The van der Waals surface area contributed by atoms with Crippen LogP contribution >= 0.6 is 11.5 Å². The predicted octanol–water partition coefficient (Wildman–Crippen LogP) is 4.24. The zero-order valence-electron chi connectivity index (χ0n) is 16.6. The second-order valence-electron chi connectivity index (χ2n) is 6.82. The van der Waals surface area contributed by atoms with E-state index in [0.29, 0.717) is 17.8 Å². The molecular formula is C24H20N4O2S. The van der Waals surface area contributed by atoms with Gasteiger partial charge in [0.2, 0.25) is 5.91 Å². The maximum Gasteiger partial charge on any atom is 0.280 e. The zero-order chi connectivity index (χ0) is 21.5. The molecule has 1 aromatic heterocycles. The summed E-state index contributed by atoms with van der Waals surface area (Å²) in [5.41, 5.74) is 2.48. The largest absolute Gasteiger partial charge is 0.350 e.